The fraction of sp³-hybridized carbons (Fsp3) is 0.350. The van der Waals surface area contributed by atoms with Gasteiger partial charge in [0.1, 0.15) is 11.5 Å². The molecule has 0 bridgehead atoms. The highest BCUT2D eigenvalue weighted by atomic mass is 16.2. The van der Waals surface area contributed by atoms with Crippen molar-refractivity contribution in [3.63, 3.8) is 0 Å². The molecular weight excluding hydrogens is 354 g/mol. The number of aryl methyl sites for hydroxylation is 1. The van der Waals surface area contributed by atoms with Crippen molar-refractivity contribution in [2.24, 2.45) is 7.05 Å². The van der Waals surface area contributed by atoms with E-state index in [2.05, 4.69) is 22.3 Å². The fourth-order valence-electron chi connectivity index (χ4n) is 3.38. The molecule has 0 saturated carbocycles. The second-order valence-corrected chi connectivity index (χ2v) is 7.04. The molecule has 0 saturated heterocycles. The van der Waals surface area contributed by atoms with Crippen LogP contribution in [0.5, 0.6) is 0 Å². The Morgan fingerprint density at radius 2 is 2.14 bits per heavy atom. The van der Waals surface area contributed by atoms with E-state index in [-0.39, 0.29) is 11.9 Å². The van der Waals surface area contributed by atoms with Gasteiger partial charge in [0.05, 0.1) is 24.5 Å². The summed E-state index contributed by atoms with van der Waals surface area (Å²) in [4.78, 5) is 27.6. The Kier molecular flexibility index (Phi) is 4.77. The molecule has 0 fully saturated rings. The molecule has 0 aromatic carbocycles. The number of pyridine rings is 1. The molecule has 8 heteroatoms. The first-order valence-corrected chi connectivity index (χ1v) is 9.33. The van der Waals surface area contributed by atoms with Crippen LogP contribution >= 0.6 is 0 Å². The number of rotatable bonds is 4. The molecule has 4 rings (SSSR count). The highest BCUT2D eigenvalue weighted by Gasteiger charge is 2.25. The zero-order valence-electron chi connectivity index (χ0n) is 16.3. The van der Waals surface area contributed by atoms with Crippen molar-refractivity contribution >= 4 is 11.7 Å². The fourth-order valence-corrected chi connectivity index (χ4v) is 3.38. The Morgan fingerprint density at radius 3 is 2.82 bits per heavy atom. The summed E-state index contributed by atoms with van der Waals surface area (Å²) in [5, 5.41) is 7.77. The molecule has 0 radical (unpaired) electrons. The predicted molar refractivity (Wildman–Crippen MR) is 105 cm³/mol. The Bertz CT molecular complexity index is 999. The Balaban J connectivity index is 1.73. The van der Waals surface area contributed by atoms with Gasteiger partial charge in [-0.15, -0.1) is 0 Å². The first kappa shape index (κ1) is 18.1. The third-order valence-electron chi connectivity index (χ3n) is 4.98. The molecular formula is C20H23N7O. The normalized spacial score (nSPS) is 14.5. The van der Waals surface area contributed by atoms with Gasteiger partial charge < -0.3 is 10.2 Å². The molecule has 1 amide bonds. The van der Waals surface area contributed by atoms with Crippen LogP contribution in [0, 0.1) is 0 Å². The first-order valence-electron chi connectivity index (χ1n) is 9.33. The number of amides is 1. The Morgan fingerprint density at radius 1 is 1.29 bits per heavy atom. The van der Waals surface area contributed by atoms with E-state index < -0.39 is 0 Å². The maximum Gasteiger partial charge on any atom is 0.219 e. The lowest BCUT2D eigenvalue weighted by atomic mass is 10.0. The van der Waals surface area contributed by atoms with Crippen molar-refractivity contribution in [1.29, 1.82) is 0 Å². The number of hydrogen-bond donors (Lipinski definition) is 1. The second kappa shape index (κ2) is 7.38. The van der Waals surface area contributed by atoms with Crippen LogP contribution in [0.2, 0.25) is 0 Å². The smallest absolute Gasteiger partial charge is 0.219 e. The molecule has 0 aliphatic carbocycles. The van der Waals surface area contributed by atoms with Gasteiger partial charge >= 0.3 is 0 Å². The highest BCUT2D eigenvalue weighted by Crippen LogP contribution is 2.29. The van der Waals surface area contributed by atoms with Crippen molar-refractivity contribution in [1.82, 2.24) is 29.6 Å². The standard InChI is InChI=1S/C20H23N7O/c1-13(15-10-22-26(3)11-15)23-19-16-7-9-27(14(2)28)12-18(16)24-20(25-19)17-6-4-5-8-21-17/h4-6,8,10-11,13H,7,9,12H2,1-3H3,(H,23,24,25)/t13-/m1/s1. The summed E-state index contributed by atoms with van der Waals surface area (Å²) in [5.41, 5.74) is 3.73. The van der Waals surface area contributed by atoms with Gasteiger partial charge in [-0.3, -0.25) is 14.5 Å². The number of hydrogen-bond acceptors (Lipinski definition) is 6. The van der Waals surface area contributed by atoms with E-state index in [1.807, 2.05) is 42.5 Å². The van der Waals surface area contributed by atoms with Crippen LogP contribution in [0.3, 0.4) is 0 Å². The zero-order valence-corrected chi connectivity index (χ0v) is 16.3. The van der Waals surface area contributed by atoms with Gasteiger partial charge in [0.2, 0.25) is 5.91 Å². The molecule has 0 spiro atoms. The molecule has 1 aliphatic heterocycles. The van der Waals surface area contributed by atoms with Crippen LogP contribution < -0.4 is 5.32 Å². The number of carbonyl (C=O) groups excluding carboxylic acids is 1. The molecule has 1 atom stereocenters. The largest absolute Gasteiger partial charge is 0.363 e. The maximum atomic E-state index is 11.9. The molecule has 28 heavy (non-hydrogen) atoms. The maximum absolute atomic E-state index is 11.9. The van der Waals surface area contributed by atoms with Gasteiger partial charge in [0.15, 0.2) is 5.82 Å². The van der Waals surface area contributed by atoms with Crippen molar-refractivity contribution in [2.75, 3.05) is 11.9 Å². The lowest BCUT2D eigenvalue weighted by Crippen LogP contribution is -2.35. The SMILES string of the molecule is CC(=O)N1CCc2c(nc(-c3ccccn3)nc2N[C@H](C)c2cnn(C)c2)C1. The quantitative estimate of drug-likeness (QED) is 0.751. The van der Waals surface area contributed by atoms with Gasteiger partial charge in [-0.1, -0.05) is 6.07 Å². The number of fused-ring (bicyclic) bond motifs is 1. The van der Waals surface area contributed by atoms with E-state index in [0.717, 1.165) is 29.1 Å². The monoisotopic (exact) mass is 377 g/mol. The van der Waals surface area contributed by atoms with Gasteiger partial charge in [-0.05, 0) is 25.5 Å². The minimum absolute atomic E-state index is 0.0371. The molecule has 1 aliphatic rings. The van der Waals surface area contributed by atoms with E-state index >= 15 is 0 Å². The van der Waals surface area contributed by atoms with Crippen LogP contribution in [0.25, 0.3) is 11.5 Å². The van der Waals surface area contributed by atoms with Crippen LogP contribution in [0.1, 0.15) is 36.7 Å². The van der Waals surface area contributed by atoms with Gasteiger partial charge in [0, 0.05) is 44.0 Å². The first-order chi connectivity index (χ1) is 13.5. The number of carbonyl (C=O) groups is 1. The van der Waals surface area contributed by atoms with Crippen LogP contribution in [-0.4, -0.2) is 42.1 Å². The summed E-state index contributed by atoms with van der Waals surface area (Å²) in [6.07, 6.45) is 6.29. The summed E-state index contributed by atoms with van der Waals surface area (Å²) in [6.45, 7) is 4.83. The molecule has 1 N–H and O–H groups in total. The van der Waals surface area contributed by atoms with Crippen molar-refractivity contribution in [2.45, 2.75) is 32.9 Å². The molecule has 0 unspecified atom stereocenters. The van der Waals surface area contributed by atoms with E-state index in [0.29, 0.717) is 24.6 Å². The number of aromatic nitrogens is 5. The summed E-state index contributed by atoms with van der Waals surface area (Å²) < 4.78 is 1.78. The van der Waals surface area contributed by atoms with E-state index in [1.54, 1.807) is 17.8 Å². The van der Waals surface area contributed by atoms with Crippen LogP contribution in [0.4, 0.5) is 5.82 Å². The zero-order chi connectivity index (χ0) is 19.7. The molecule has 144 valence electrons. The molecule has 4 heterocycles. The Labute approximate surface area is 163 Å². The Hall–Kier alpha value is -3.29. The van der Waals surface area contributed by atoms with E-state index in [1.165, 1.54) is 0 Å². The molecule has 8 nitrogen and oxygen atoms in total. The average Bonchev–Trinajstić information content (AvgIpc) is 3.14. The lowest BCUT2D eigenvalue weighted by Gasteiger charge is -2.29. The predicted octanol–water partition coefficient (Wildman–Crippen LogP) is 2.35. The third-order valence-corrected chi connectivity index (χ3v) is 4.98. The second-order valence-electron chi connectivity index (χ2n) is 7.04. The third kappa shape index (κ3) is 3.58. The minimum atomic E-state index is 0.0371. The summed E-state index contributed by atoms with van der Waals surface area (Å²) >= 11 is 0. The summed E-state index contributed by atoms with van der Waals surface area (Å²) in [6, 6.07) is 5.71. The molecule has 3 aromatic heterocycles. The number of anilines is 1. The molecule has 3 aromatic rings. The number of nitrogens with one attached hydrogen (secondary N) is 1. The van der Waals surface area contributed by atoms with E-state index in [4.69, 9.17) is 9.97 Å². The summed E-state index contributed by atoms with van der Waals surface area (Å²) in [7, 11) is 1.90. The number of nitrogens with zero attached hydrogens (tertiary/aromatic N) is 6. The van der Waals surface area contributed by atoms with Crippen molar-refractivity contribution in [3.8, 4) is 11.5 Å². The summed E-state index contributed by atoms with van der Waals surface area (Å²) in [5.74, 6) is 1.41. The lowest BCUT2D eigenvalue weighted by molar-refractivity contribution is -0.129. The average molecular weight is 377 g/mol. The van der Waals surface area contributed by atoms with Crippen molar-refractivity contribution in [3.05, 3.63) is 53.6 Å². The van der Waals surface area contributed by atoms with Crippen LogP contribution in [-0.2, 0) is 24.8 Å². The topological polar surface area (TPSA) is 88.8 Å². The van der Waals surface area contributed by atoms with E-state index in [9.17, 15) is 4.79 Å². The van der Waals surface area contributed by atoms with Gasteiger partial charge in [-0.2, -0.15) is 5.10 Å². The van der Waals surface area contributed by atoms with Crippen molar-refractivity contribution < 1.29 is 4.79 Å². The van der Waals surface area contributed by atoms with Gasteiger partial charge in [0.25, 0.3) is 0 Å². The van der Waals surface area contributed by atoms with Gasteiger partial charge in [-0.25, -0.2) is 9.97 Å². The van der Waals surface area contributed by atoms with Crippen LogP contribution in [0.15, 0.2) is 36.8 Å². The minimum Gasteiger partial charge on any atom is -0.363 e. The highest BCUT2D eigenvalue weighted by molar-refractivity contribution is 5.74.